The summed E-state index contributed by atoms with van der Waals surface area (Å²) in [6.45, 7) is 1.40. The van der Waals surface area contributed by atoms with Gasteiger partial charge >= 0.3 is 0 Å². The maximum absolute atomic E-state index is 13.7. The van der Waals surface area contributed by atoms with E-state index in [9.17, 15) is 14.0 Å². The molecule has 0 radical (unpaired) electrons. The molecule has 0 aliphatic heterocycles. The number of allylic oxidation sites excluding steroid dienone is 1. The van der Waals surface area contributed by atoms with Crippen molar-refractivity contribution in [1.82, 2.24) is 0 Å². The van der Waals surface area contributed by atoms with E-state index in [1.54, 1.807) is 30.3 Å². The Bertz CT molecular complexity index is 818. The Morgan fingerprint density at radius 1 is 1.13 bits per heavy atom. The summed E-state index contributed by atoms with van der Waals surface area (Å²) in [6.07, 6.45) is 1.38. The van der Waals surface area contributed by atoms with Crippen LogP contribution in [0.2, 0.25) is 0 Å². The standard InChI is InChI=1S/C18H13FN2O2/c1-12(22)21-15-8-6-13(7-9-15)10-14(11-20)18(23)16-4-2-3-5-17(16)19/h2-10H,1H3,(H,21,22)/b14-10+. The van der Waals surface area contributed by atoms with Gasteiger partial charge in [-0.1, -0.05) is 24.3 Å². The average molecular weight is 308 g/mol. The van der Waals surface area contributed by atoms with Gasteiger partial charge in [-0.3, -0.25) is 9.59 Å². The molecule has 0 aliphatic carbocycles. The number of Topliss-reactive ketones (excluding diaryl/α,β-unsaturated/α-hetero) is 1. The lowest BCUT2D eigenvalue weighted by Gasteiger charge is -2.03. The molecule has 0 fully saturated rings. The van der Waals surface area contributed by atoms with Crippen LogP contribution in [-0.4, -0.2) is 11.7 Å². The second kappa shape index (κ2) is 7.14. The smallest absolute Gasteiger partial charge is 0.221 e. The van der Waals surface area contributed by atoms with Crippen LogP contribution in [0.25, 0.3) is 6.08 Å². The van der Waals surface area contributed by atoms with Crippen molar-refractivity contribution < 1.29 is 14.0 Å². The molecule has 0 bridgehead atoms. The van der Waals surface area contributed by atoms with Crippen LogP contribution in [0.5, 0.6) is 0 Å². The predicted octanol–water partition coefficient (Wildman–Crippen LogP) is 3.57. The number of hydrogen-bond donors (Lipinski definition) is 1. The van der Waals surface area contributed by atoms with E-state index in [1.165, 1.54) is 37.3 Å². The minimum atomic E-state index is -0.670. The number of rotatable bonds is 4. The lowest BCUT2D eigenvalue weighted by molar-refractivity contribution is -0.114. The fourth-order valence-corrected chi connectivity index (χ4v) is 1.97. The van der Waals surface area contributed by atoms with Crippen molar-refractivity contribution in [3.8, 4) is 6.07 Å². The third-order valence-electron chi connectivity index (χ3n) is 3.03. The molecule has 0 saturated heterocycles. The van der Waals surface area contributed by atoms with Crippen LogP contribution >= 0.6 is 0 Å². The lowest BCUT2D eigenvalue weighted by Crippen LogP contribution is -2.05. The maximum Gasteiger partial charge on any atom is 0.221 e. The largest absolute Gasteiger partial charge is 0.326 e. The van der Waals surface area contributed by atoms with Gasteiger partial charge in [-0.15, -0.1) is 0 Å². The Morgan fingerprint density at radius 2 is 1.78 bits per heavy atom. The van der Waals surface area contributed by atoms with E-state index in [4.69, 9.17) is 5.26 Å². The molecule has 23 heavy (non-hydrogen) atoms. The van der Waals surface area contributed by atoms with Crippen molar-refractivity contribution >= 4 is 23.5 Å². The number of nitrogens with one attached hydrogen (secondary N) is 1. The molecule has 0 aliphatic rings. The van der Waals surface area contributed by atoms with Crippen LogP contribution in [0, 0.1) is 17.1 Å². The summed E-state index contributed by atoms with van der Waals surface area (Å²) in [5.74, 6) is -1.53. The molecule has 0 unspecified atom stereocenters. The topological polar surface area (TPSA) is 70.0 Å². The molecule has 0 atom stereocenters. The van der Waals surface area contributed by atoms with E-state index in [-0.39, 0.29) is 17.0 Å². The Morgan fingerprint density at radius 3 is 2.35 bits per heavy atom. The molecule has 0 aromatic heterocycles. The van der Waals surface area contributed by atoms with Crippen molar-refractivity contribution in [1.29, 1.82) is 5.26 Å². The number of benzene rings is 2. The highest BCUT2D eigenvalue weighted by molar-refractivity contribution is 6.14. The first-order valence-corrected chi connectivity index (χ1v) is 6.80. The average Bonchev–Trinajstić information content (AvgIpc) is 2.53. The van der Waals surface area contributed by atoms with Crippen LogP contribution in [-0.2, 0) is 4.79 Å². The minimum Gasteiger partial charge on any atom is -0.326 e. The first-order valence-electron chi connectivity index (χ1n) is 6.80. The van der Waals surface area contributed by atoms with Gasteiger partial charge in [0.1, 0.15) is 17.5 Å². The number of carbonyl (C=O) groups excluding carboxylic acids is 2. The SMILES string of the molecule is CC(=O)Nc1ccc(/C=C(\C#N)C(=O)c2ccccc2F)cc1. The number of amides is 1. The molecular weight excluding hydrogens is 295 g/mol. The van der Waals surface area contributed by atoms with E-state index in [0.29, 0.717) is 11.3 Å². The number of hydrogen-bond acceptors (Lipinski definition) is 3. The molecular formula is C18H13FN2O2. The first kappa shape index (κ1) is 16.1. The number of carbonyl (C=O) groups is 2. The van der Waals surface area contributed by atoms with Crippen LogP contribution in [0.4, 0.5) is 10.1 Å². The second-order valence-electron chi connectivity index (χ2n) is 4.78. The van der Waals surface area contributed by atoms with Crippen molar-refractivity contribution in [2.24, 2.45) is 0 Å². The second-order valence-corrected chi connectivity index (χ2v) is 4.78. The minimum absolute atomic E-state index is 0.143. The van der Waals surface area contributed by atoms with Crippen LogP contribution in [0.1, 0.15) is 22.8 Å². The van der Waals surface area contributed by atoms with Crippen molar-refractivity contribution in [2.75, 3.05) is 5.32 Å². The van der Waals surface area contributed by atoms with E-state index < -0.39 is 11.6 Å². The van der Waals surface area contributed by atoms with Crippen molar-refractivity contribution in [3.63, 3.8) is 0 Å². The predicted molar refractivity (Wildman–Crippen MR) is 85.1 cm³/mol. The molecule has 1 amide bonds. The molecule has 2 rings (SSSR count). The summed E-state index contributed by atoms with van der Waals surface area (Å²) in [7, 11) is 0. The van der Waals surface area contributed by atoms with E-state index in [1.807, 2.05) is 0 Å². The van der Waals surface area contributed by atoms with Gasteiger partial charge in [0.15, 0.2) is 0 Å². The number of ketones is 1. The molecule has 0 spiro atoms. The van der Waals surface area contributed by atoms with Gasteiger partial charge in [-0.05, 0) is 35.9 Å². The van der Waals surface area contributed by atoms with E-state index in [0.717, 1.165) is 0 Å². The van der Waals surface area contributed by atoms with Gasteiger partial charge in [-0.25, -0.2) is 4.39 Å². The van der Waals surface area contributed by atoms with Gasteiger partial charge in [0, 0.05) is 12.6 Å². The maximum atomic E-state index is 13.7. The Hall–Kier alpha value is -3.26. The zero-order valence-electron chi connectivity index (χ0n) is 12.3. The summed E-state index contributed by atoms with van der Waals surface area (Å²) in [5, 5.41) is 11.8. The molecule has 4 nitrogen and oxygen atoms in total. The highest BCUT2D eigenvalue weighted by Gasteiger charge is 2.15. The Labute approximate surface area is 132 Å². The monoisotopic (exact) mass is 308 g/mol. The third kappa shape index (κ3) is 4.11. The van der Waals surface area contributed by atoms with Crippen molar-refractivity contribution in [3.05, 3.63) is 71.0 Å². The highest BCUT2D eigenvalue weighted by atomic mass is 19.1. The van der Waals surface area contributed by atoms with Gasteiger partial charge in [-0.2, -0.15) is 5.26 Å². The molecule has 2 aromatic carbocycles. The quantitative estimate of drug-likeness (QED) is 0.533. The van der Waals surface area contributed by atoms with Gasteiger partial charge < -0.3 is 5.32 Å². The van der Waals surface area contributed by atoms with Crippen LogP contribution in [0.15, 0.2) is 54.1 Å². The normalized spacial score (nSPS) is 10.7. The molecule has 5 heteroatoms. The summed E-state index contributed by atoms with van der Waals surface area (Å²) in [6, 6.07) is 13.9. The van der Waals surface area contributed by atoms with Gasteiger partial charge in [0.25, 0.3) is 0 Å². The fraction of sp³-hybridized carbons (Fsp3) is 0.0556. The molecule has 2 aromatic rings. The number of nitrogens with zero attached hydrogens (tertiary/aromatic N) is 1. The first-order chi connectivity index (χ1) is 11.0. The summed E-state index contributed by atoms with van der Waals surface area (Å²) >= 11 is 0. The third-order valence-corrected chi connectivity index (χ3v) is 3.03. The molecule has 0 heterocycles. The Kier molecular flexibility index (Phi) is 5.00. The summed E-state index contributed by atoms with van der Waals surface area (Å²) in [5.41, 5.74) is 0.895. The fourth-order valence-electron chi connectivity index (χ4n) is 1.97. The molecule has 1 N–H and O–H groups in total. The number of halogens is 1. The summed E-state index contributed by atoms with van der Waals surface area (Å²) in [4.78, 5) is 23.2. The van der Waals surface area contributed by atoms with E-state index in [2.05, 4.69) is 5.32 Å². The van der Waals surface area contributed by atoms with Gasteiger partial charge in [0.05, 0.1) is 5.56 Å². The molecule has 0 saturated carbocycles. The zero-order valence-corrected chi connectivity index (χ0v) is 12.3. The molecule has 114 valence electrons. The number of anilines is 1. The van der Waals surface area contributed by atoms with E-state index >= 15 is 0 Å². The highest BCUT2D eigenvalue weighted by Crippen LogP contribution is 2.17. The Balaban J connectivity index is 2.29. The zero-order chi connectivity index (χ0) is 16.8. The van der Waals surface area contributed by atoms with Crippen LogP contribution < -0.4 is 5.32 Å². The van der Waals surface area contributed by atoms with Crippen molar-refractivity contribution in [2.45, 2.75) is 6.92 Å². The lowest BCUT2D eigenvalue weighted by atomic mass is 10.0. The summed E-state index contributed by atoms with van der Waals surface area (Å²) < 4.78 is 13.7. The van der Waals surface area contributed by atoms with Gasteiger partial charge in [0.2, 0.25) is 11.7 Å². The number of nitriles is 1. The van der Waals surface area contributed by atoms with Crippen LogP contribution in [0.3, 0.4) is 0 Å².